The third-order valence-corrected chi connectivity index (χ3v) is 150. The third kappa shape index (κ3) is 17.6. The van der Waals surface area contributed by atoms with Gasteiger partial charge in [-0.1, -0.05) is 881 Å². The molecule has 0 bridgehead atoms. The fourth-order valence-electron chi connectivity index (χ4n) is 3.54. The Labute approximate surface area is 925 Å². The molecule has 0 aromatic rings. The highest BCUT2D eigenvalue weighted by Crippen LogP contribution is 2.86. The topological polar surface area (TPSA) is 26.0 Å². The van der Waals surface area contributed by atoms with Gasteiger partial charge in [-0.05, 0) is 45.2 Å². The summed E-state index contributed by atoms with van der Waals surface area (Å²) >= 11 is 114. The van der Waals surface area contributed by atoms with Gasteiger partial charge in [-0.3, -0.25) is 0 Å². The monoisotopic (exact) mass is 5460 g/mol. The maximum Gasteiger partial charge on any atom is 0.149 e. The van der Waals surface area contributed by atoms with E-state index in [2.05, 4.69) is 926 Å². The SMILES string of the molecule is NC(I)(I)C(I)(I)C(I)(I)C(I)(I)C(I)(I)C(I)(I)C(I)(I)C(I)(I)C(I)(I)C(I)(I)C(I)(I)C(I)(I)C(I)(I)C(I)(I)C(I)(I)C(I)(I)C(I)(I)C(I)(I)C(I)(I)C(I)(I)I. The van der Waals surface area contributed by atoms with Crippen molar-refractivity contribution in [1.82, 2.24) is 0 Å². The zero-order valence-corrected chi connectivity index (χ0v) is 115. The Balaban J connectivity index is 7.98. The zero-order chi connectivity index (χ0) is 52.0. The maximum absolute atomic E-state index is 6.97. The summed E-state index contributed by atoms with van der Waals surface area (Å²) in [6, 6.07) is 0. The molecule has 374 valence electrons. The number of hydrogen-bond donors (Lipinski definition) is 1. The number of hydrogen-bond acceptors (Lipinski definition) is 1. The molecule has 0 spiro atoms. The summed E-state index contributed by atoms with van der Waals surface area (Å²) in [5.74, 6) is 0. The minimum Gasteiger partial charge on any atom is -0.307 e. The molecule has 0 heterocycles. The molecule has 0 fully saturated rings. The molecule has 0 saturated carbocycles. The van der Waals surface area contributed by atoms with E-state index < -0.39 is 1.55 Å². The number of alkyl halides is 41. The van der Waals surface area contributed by atoms with Crippen LogP contribution in [0.25, 0.3) is 0 Å². The van der Waals surface area contributed by atoms with Crippen molar-refractivity contribution >= 4 is 926 Å². The lowest BCUT2D eigenvalue weighted by Crippen LogP contribution is -2.74. The molecule has 42 heteroatoms. The van der Waals surface area contributed by atoms with E-state index in [9.17, 15) is 0 Å². The quantitative estimate of drug-likeness (QED) is 0.0779. The van der Waals surface area contributed by atoms with Gasteiger partial charge in [-0.25, -0.2) is 0 Å². The van der Waals surface area contributed by atoms with E-state index in [1.807, 2.05) is 0 Å². The van der Waals surface area contributed by atoms with E-state index in [0.717, 1.165) is 0 Å². The Morgan fingerprint density at radius 3 is 0.290 bits per heavy atom. The van der Waals surface area contributed by atoms with Gasteiger partial charge in [0.2, 0.25) is 0 Å². The molecule has 2 N–H and O–H groups in total. The molecule has 0 aliphatic heterocycles. The summed E-state index contributed by atoms with van der Waals surface area (Å²) in [4.78, 5) is 0. The molecule has 0 saturated heterocycles. The lowest BCUT2D eigenvalue weighted by Gasteiger charge is -2.63. The largest absolute Gasteiger partial charge is 0.307 e. The van der Waals surface area contributed by atoms with Gasteiger partial charge in [0.25, 0.3) is 0 Å². The fourth-order valence-corrected chi connectivity index (χ4v) is 71.3. The smallest absolute Gasteiger partial charge is 0.149 e. The Bertz CT molecular complexity index is 1510. The van der Waals surface area contributed by atoms with Gasteiger partial charge >= 0.3 is 0 Å². The van der Waals surface area contributed by atoms with Crippen LogP contribution in [0.2, 0.25) is 0 Å². The molecule has 0 aliphatic rings. The Morgan fingerprint density at radius 2 is 0.210 bits per heavy atom. The van der Waals surface area contributed by atoms with Crippen LogP contribution in [0.15, 0.2) is 0 Å². The first-order valence-corrected chi connectivity index (χ1v) is 57.0. The van der Waals surface area contributed by atoms with Crippen LogP contribution in [-0.2, 0) is 0 Å². The van der Waals surface area contributed by atoms with Crippen LogP contribution in [0.4, 0.5) is 0 Å². The van der Waals surface area contributed by atoms with Crippen molar-refractivity contribution in [3.05, 3.63) is 0 Å². The van der Waals surface area contributed by atoms with Crippen LogP contribution in [-0.4, -0.2) is 26.7 Å². The van der Waals surface area contributed by atoms with E-state index in [1.165, 1.54) is 0 Å². The number of halogens is 41. The van der Waals surface area contributed by atoms with Crippen molar-refractivity contribution in [3.63, 3.8) is 0 Å². The first-order valence-electron chi connectivity index (χ1n) is 12.8. The second kappa shape index (κ2) is 32.7. The zero-order valence-electron chi connectivity index (χ0n) is 26.1. The highest BCUT2D eigenvalue weighted by Gasteiger charge is 2.84. The Kier molecular flexibility index (Phi) is 48.4. The van der Waals surface area contributed by atoms with E-state index in [1.54, 1.807) is 0 Å². The molecule has 1 nitrogen and oxygen atoms in total. The maximum atomic E-state index is 6.97. The van der Waals surface area contributed by atoms with Crippen LogP contribution in [0.1, 0.15) is 0 Å². The van der Waals surface area contributed by atoms with Crippen LogP contribution < -0.4 is 5.73 Å². The Morgan fingerprint density at radius 1 is 0.129 bits per heavy atom. The van der Waals surface area contributed by atoms with E-state index in [4.69, 9.17) is 5.73 Å². The average Bonchev–Trinajstić information content (AvgIpc) is 3.01. The van der Waals surface area contributed by atoms with Crippen molar-refractivity contribution in [1.29, 1.82) is 0 Å². The molecule has 0 aromatic heterocycles. The molecular weight excluding hydrogens is 5460 g/mol. The van der Waals surface area contributed by atoms with Gasteiger partial charge in [-0.2, -0.15) is 0 Å². The standard InChI is InChI=1S/C20H2I41N/c21-1(22,3(25,26)5(29,30)7(33,34)9(37,38)11(41,42)13(45,46)15(49,50)17(53,54)19(57,58)59)2(23,24)4(27,28)6(31,32)8(35,36)10(39,40)12(43,44)14(47,48)16(51,52)18(55,56)20(60,61)62/h62H2. The van der Waals surface area contributed by atoms with Crippen LogP contribution >= 0.6 is 926 Å². The molecule has 0 aromatic carbocycles. The van der Waals surface area contributed by atoms with Crippen molar-refractivity contribution in [2.24, 2.45) is 5.73 Å². The Hall–Kier alpha value is 29.9. The minimum atomic E-state index is -0.481. The third-order valence-electron chi connectivity index (χ3n) is 7.48. The van der Waals surface area contributed by atoms with Gasteiger partial charge in [0.05, 0.1) is 0 Å². The van der Waals surface area contributed by atoms with Gasteiger partial charge in [0.15, 0.2) is 0 Å². The van der Waals surface area contributed by atoms with Crippen molar-refractivity contribution < 1.29 is 0 Å². The summed E-state index contributed by atoms with van der Waals surface area (Å²) < 4.78 is -5.08. The lowest BCUT2D eigenvalue weighted by atomic mass is 10.0. The van der Waals surface area contributed by atoms with Crippen molar-refractivity contribution in [2.45, 2.75) is 26.7 Å². The van der Waals surface area contributed by atoms with Crippen molar-refractivity contribution in [2.75, 3.05) is 0 Å². The number of rotatable bonds is 19. The summed E-state index contributed by atoms with van der Waals surface area (Å²) in [5, 5.41) is 0. The minimum absolute atomic E-state index is 0.0150. The first-order chi connectivity index (χ1) is 25.8. The van der Waals surface area contributed by atoms with Crippen molar-refractivity contribution in [3.8, 4) is 0 Å². The van der Waals surface area contributed by atoms with E-state index >= 15 is 0 Å². The van der Waals surface area contributed by atoms with Gasteiger partial charge < -0.3 is 5.73 Å². The summed E-state index contributed by atoms with van der Waals surface area (Å²) in [6.07, 6.45) is 0. The molecule has 0 atom stereocenters. The summed E-state index contributed by atoms with van der Waals surface area (Å²) in [7, 11) is 0. The molecule has 62 heavy (non-hydrogen) atoms. The van der Waals surface area contributed by atoms with Crippen LogP contribution in [0.5, 0.6) is 0 Å². The molecule has 0 amide bonds. The number of nitrogens with two attached hydrogens (primary N) is 1. The lowest BCUT2D eigenvalue weighted by molar-refractivity contribution is 0.603. The normalized spacial score (nSPS) is 17.5. The summed E-state index contributed by atoms with van der Waals surface area (Å²) in [5.41, 5.74) is 6.97. The summed E-state index contributed by atoms with van der Waals surface area (Å²) in [6.45, 7) is 0. The molecular formula is C20H2I41N. The molecule has 0 unspecified atom stereocenters. The highest BCUT2D eigenvalue weighted by atomic mass is 127. The predicted molar refractivity (Wildman–Crippen MR) is 634 cm³/mol. The van der Waals surface area contributed by atoms with Crippen LogP contribution in [0.3, 0.4) is 0 Å². The van der Waals surface area contributed by atoms with E-state index in [-0.39, 0.29) is 25.1 Å². The molecule has 0 rings (SSSR count). The molecule has 0 radical (unpaired) electrons. The average molecular weight is 5460 g/mol. The van der Waals surface area contributed by atoms with Gasteiger partial charge in [0.1, 0.15) is 26.7 Å². The first kappa shape index (κ1) is 91.9. The van der Waals surface area contributed by atoms with Crippen LogP contribution in [0, 0.1) is 0 Å². The predicted octanol–water partition coefficient (Wildman–Crippen LogP) is 31.6. The highest BCUT2D eigenvalue weighted by molar-refractivity contribution is 14.3. The van der Waals surface area contributed by atoms with Gasteiger partial charge in [0, 0.05) is 0 Å². The van der Waals surface area contributed by atoms with E-state index in [0.29, 0.717) is 0 Å². The fraction of sp³-hybridized carbons (Fsp3) is 1.00. The second-order valence-corrected chi connectivity index (χ2v) is 123. The second-order valence-electron chi connectivity index (χ2n) is 11.5. The molecule has 0 aliphatic carbocycles. The van der Waals surface area contributed by atoms with Gasteiger partial charge in [-0.15, -0.1) is 0 Å².